The molecule has 0 aliphatic rings. The summed E-state index contributed by atoms with van der Waals surface area (Å²) in [6.07, 6.45) is 1.85. The summed E-state index contributed by atoms with van der Waals surface area (Å²) in [5.41, 5.74) is 2.18. The average Bonchev–Trinajstić information content (AvgIpc) is 3.19. The van der Waals surface area contributed by atoms with Crippen molar-refractivity contribution in [3.05, 3.63) is 78.0 Å². The molecule has 2 N–H and O–H groups in total. The van der Waals surface area contributed by atoms with Crippen molar-refractivity contribution in [2.24, 2.45) is 0 Å². The molecule has 0 aliphatic heterocycles. The molecule has 164 valence electrons. The lowest BCUT2D eigenvalue weighted by atomic mass is 10.0. The molecule has 1 amide bonds. The Morgan fingerprint density at radius 1 is 0.969 bits per heavy atom. The molecular weight excluding hydrogens is 426 g/mol. The van der Waals surface area contributed by atoms with Crippen LogP contribution < -0.4 is 4.72 Å². The minimum absolute atomic E-state index is 0.0646. The van der Waals surface area contributed by atoms with Gasteiger partial charge in [0.05, 0.1) is 17.0 Å². The third-order valence-corrected chi connectivity index (χ3v) is 6.61. The van der Waals surface area contributed by atoms with Gasteiger partial charge in [-0.15, -0.1) is 0 Å². The third kappa shape index (κ3) is 4.36. The summed E-state index contributed by atoms with van der Waals surface area (Å²) in [5, 5.41) is 2.68. The Kier molecular flexibility index (Phi) is 5.71. The van der Waals surface area contributed by atoms with Crippen LogP contribution in [0.4, 0.5) is 5.69 Å². The lowest BCUT2D eigenvalue weighted by Crippen LogP contribution is -2.29. The number of aromatic amines is 1. The smallest absolute Gasteiger partial charge is 0.294 e. The lowest BCUT2D eigenvalue weighted by molar-refractivity contribution is -0.124. The van der Waals surface area contributed by atoms with Gasteiger partial charge < -0.3 is 9.88 Å². The van der Waals surface area contributed by atoms with Crippen LogP contribution in [0.2, 0.25) is 0 Å². The number of benzene rings is 3. The second-order valence-corrected chi connectivity index (χ2v) is 9.64. The van der Waals surface area contributed by atoms with Crippen LogP contribution in [0.1, 0.15) is 15.9 Å². The first-order valence-corrected chi connectivity index (χ1v) is 11.7. The maximum Gasteiger partial charge on any atom is 0.294 e. The summed E-state index contributed by atoms with van der Waals surface area (Å²) in [6, 6.07) is 18.6. The Morgan fingerprint density at radius 2 is 1.72 bits per heavy atom. The second-order valence-electron chi connectivity index (χ2n) is 7.80. The zero-order valence-corrected chi connectivity index (χ0v) is 18.6. The number of hydrogen-bond donors (Lipinski definition) is 2. The Hall–Kier alpha value is -3.65. The largest absolute Gasteiger partial charge is 0.360 e. The fourth-order valence-corrected chi connectivity index (χ4v) is 4.76. The van der Waals surface area contributed by atoms with Crippen molar-refractivity contribution in [1.82, 2.24) is 9.88 Å². The maximum atomic E-state index is 12.7. The topological polar surface area (TPSA) is 99.3 Å². The van der Waals surface area contributed by atoms with Crippen LogP contribution in [-0.2, 0) is 21.2 Å². The number of aryl methyl sites for hydroxylation is 1. The first-order chi connectivity index (χ1) is 15.2. The molecule has 4 aromatic rings. The molecule has 0 unspecified atom stereocenters. The van der Waals surface area contributed by atoms with Gasteiger partial charge in [0.25, 0.3) is 11.7 Å². The van der Waals surface area contributed by atoms with Gasteiger partial charge in [0, 0.05) is 31.2 Å². The lowest BCUT2D eigenvalue weighted by Gasteiger charge is -2.10. The highest BCUT2D eigenvalue weighted by Crippen LogP contribution is 2.24. The van der Waals surface area contributed by atoms with Crippen LogP contribution in [0.5, 0.6) is 0 Å². The minimum atomic E-state index is -3.60. The number of amides is 1. The second kappa shape index (κ2) is 8.47. The van der Waals surface area contributed by atoms with E-state index >= 15 is 0 Å². The van der Waals surface area contributed by atoms with Crippen LogP contribution in [0, 0.1) is 0 Å². The Morgan fingerprint density at radius 3 is 2.50 bits per heavy atom. The third-order valence-electron chi connectivity index (χ3n) is 5.32. The van der Waals surface area contributed by atoms with Gasteiger partial charge >= 0.3 is 0 Å². The molecular formula is C24H23N3O4S. The molecule has 0 aliphatic carbocycles. The molecule has 1 aromatic heterocycles. The zero-order chi connectivity index (χ0) is 22.9. The van der Waals surface area contributed by atoms with Crippen LogP contribution in [0.25, 0.3) is 21.7 Å². The van der Waals surface area contributed by atoms with Crippen molar-refractivity contribution in [3.63, 3.8) is 0 Å². The van der Waals surface area contributed by atoms with E-state index < -0.39 is 21.7 Å². The van der Waals surface area contributed by atoms with E-state index in [0.717, 1.165) is 16.3 Å². The molecule has 4 rings (SSSR count). The Bertz CT molecular complexity index is 1430. The number of rotatable bonds is 7. The molecule has 3 aromatic carbocycles. The van der Waals surface area contributed by atoms with Crippen molar-refractivity contribution < 1.29 is 18.0 Å². The predicted octanol–water partition coefficient (Wildman–Crippen LogP) is 3.58. The molecule has 0 fully saturated rings. The van der Waals surface area contributed by atoms with E-state index in [2.05, 4.69) is 9.71 Å². The number of carbonyl (C=O) groups excluding carboxylic acids is 2. The van der Waals surface area contributed by atoms with E-state index in [1.807, 2.05) is 42.5 Å². The van der Waals surface area contributed by atoms with Gasteiger partial charge in [0.2, 0.25) is 10.0 Å². The van der Waals surface area contributed by atoms with E-state index in [1.165, 1.54) is 25.2 Å². The number of nitrogens with zero attached hydrogens (tertiary/aromatic N) is 1. The highest BCUT2D eigenvalue weighted by Gasteiger charge is 2.22. The minimum Gasteiger partial charge on any atom is -0.360 e. The summed E-state index contributed by atoms with van der Waals surface area (Å²) in [7, 11) is -0.568. The van der Waals surface area contributed by atoms with E-state index in [0.29, 0.717) is 23.0 Å². The van der Waals surface area contributed by atoms with Crippen molar-refractivity contribution >= 4 is 49.1 Å². The van der Waals surface area contributed by atoms with Crippen LogP contribution in [0.3, 0.4) is 0 Å². The number of carbonyl (C=O) groups is 2. The molecule has 0 atom stereocenters. The number of ketones is 1. The molecule has 8 heteroatoms. The van der Waals surface area contributed by atoms with Gasteiger partial charge in [-0.1, -0.05) is 48.5 Å². The number of H-pyrrole nitrogens is 1. The van der Waals surface area contributed by atoms with Crippen molar-refractivity contribution in [2.45, 2.75) is 6.42 Å². The van der Waals surface area contributed by atoms with E-state index in [-0.39, 0.29) is 11.3 Å². The predicted molar refractivity (Wildman–Crippen MR) is 126 cm³/mol. The molecule has 0 saturated heterocycles. The van der Waals surface area contributed by atoms with Crippen molar-refractivity contribution in [1.29, 1.82) is 0 Å². The van der Waals surface area contributed by atoms with E-state index in [1.54, 1.807) is 18.2 Å². The SMILES string of the molecule is CN(C)C(=O)C(=O)c1c[nH]c2cc(NS(=O)(=O)CCc3cccc4ccccc34)ccc12. The summed E-state index contributed by atoms with van der Waals surface area (Å²) >= 11 is 0. The summed E-state index contributed by atoms with van der Waals surface area (Å²) in [6.45, 7) is 0. The van der Waals surface area contributed by atoms with E-state index in [9.17, 15) is 18.0 Å². The molecule has 0 bridgehead atoms. The molecule has 0 saturated carbocycles. The number of hydrogen-bond acceptors (Lipinski definition) is 4. The van der Waals surface area contributed by atoms with Gasteiger partial charge in [0.1, 0.15) is 0 Å². The number of aromatic nitrogens is 1. The van der Waals surface area contributed by atoms with Crippen LogP contribution in [-0.4, -0.2) is 49.8 Å². The maximum absolute atomic E-state index is 12.7. The summed E-state index contributed by atoms with van der Waals surface area (Å²) in [5.74, 6) is -1.31. The number of nitrogens with one attached hydrogen (secondary N) is 2. The van der Waals surface area contributed by atoms with Crippen molar-refractivity contribution in [2.75, 3.05) is 24.6 Å². The Balaban J connectivity index is 1.51. The first-order valence-electron chi connectivity index (χ1n) is 10.1. The molecule has 0 spiro atoms. The fourth-order valence-electron chi connectivity index (χ4n) is 3.68. The van der Waals surface area contributed by atoms with Crippen LogP contribution >= 0.6 is 0 Å². The standard InChI is InChI=1S/C24H23N3O4S/c1-27(2)24(29)23(28)21-15-25-22-14-18(10-11-20(21)22)26-32(30,31)13-12-17-8-5-7-16-6-3-4-9-19(16)17/h3-11,14-15,25-26H,12-13H2,1-2H3. The molecule has 7 nitrogen and oxygen atoms in total. The summed E-state index contributed by atoms with van der Waals surface area (Å²) in [4.78, 5) is 28.5. The number of Topliss-reactive ketones (excluding diaryl/α,β-unsaturated/α-hetero) is 1. The number of sulfonamides is 1. The fraction of sp³-hybridized carbons (Fsp3) is 0.167. The monoisotopic (exact) mass is 449 g/mol. The van der Waals surface area contributed by atoms with Gasteiger partial charge in [-0.2, -0.15) is 0 Å². The van der Waals surface area contributed by atoms with E-state index in [4.69, 9.17) is 0 Å². The highest BCUT2D eigenvalue weighted by molar-refractivity contribution is 7.92. The average molecular weight is 450 g/mol. The zero-order valence-electron chi connectivity index (χ0n) is 17.8. The quantitative estimate of drug-likeness (QED) is 0.333. The van der Waals surface area contributed by atoms with Gasteiger partial charge in [-0.05, 0) is 34.9 Å². The number of fused-ring (bicyclic) bond motifs is 2. The van der Waals surface area contributed by atoms with Gasteiger partial charge in [0.15, 0.2) is 0 Å². The highest BCUT2D eigenvalue weighted by atomic mass is 32.2. The van der Waals surface area contributed by atoms with Gasteiger partial charge in [-0.25, -0.2) is 8.42 Å². The number of likely N-dealkylation sites (N-methyl/N-ethyl adjacent to an activating group) is 1. The first kappa shape index (κ1) is 21.6. The van der Waals surface area contributed by atoms with Crippen molar-refractivity contribution in [3.8, 4) is 0 Å². The van der Waals surface area contributed by atoms with Crippen LogP contribution in [0.15, 0.2) is 66.9 Å². The number of anilines is 1. The molecule has 32 heavy (non-hydrogen) atoms. The van der Waals surface area contributed by atoms with Gasteiger partial charge in [-0.3, -0.25) is 14.3 Å². The molecule has 1 heterocycles. The normalized spacial score (nSPS) is 11.6. The molecule has 0 radical (unpaired) electrons. The Labute approximate surface area is 186 Å². The summed E-state index contributed by atoms with van der Waals surface area (Å²) < 4.78 is 28.0.